The van der Waals surface area contributed by atoms with Crippen molar-refractivity contribution >= 4 is 23.0 Å². The highest BCUT2D eigenvalue weighted by Gasteiger charge is 2.10. The zero-order chi connectivity index (χ0) is 13.9. The number of benzene rings is 2. The number of rotatable bonds is 2. The highest BCUT2D eigenvalue weighted by molar-refractivity contribution is 5.99. The van der Waals surface area contributed by atoms with E-state index in [1.807, 2.05) is 36.4 Å². The number of aromatic amines is 1. The molecule has 1 aromatic heterocycles. The number of fused-ring (bicyclic) bond motifs is 1. The Kier molecular flexibility index (Phi) is 3.05. The lowest BCUT2D eigenvalue weighted by atomic mass is 10.2. The summed E-state index contributed by atoms with van der Waals surface area (Å²) in [5.41, 5.74) is 1.72. The van der Waals surface area contributed by atoms with Gasteiger partial charge in [0.25, 0.3) is 5.91 Å². The molecule has 4 heteroatoms. The van der Waals surface area contributed by atoms with Gasteiger partial charge in [-0.1, -0.05) is 42.5 Å². The van der Waals surface area contributed by atoms with Gasteiger partial charge in [0.15, 0.2) is 0 Å². The summed E-state index contributed by atoms with van der Waals surface area (Å²) in [5, 5.41) is 0. The number of imidazole rings is 1. The molecule has 0 fully saturated rings. The number of nitrogens with one attached hydrogen (secondary N) is 1. The minimum Gasteiger partial charge on any atom is -0.305 e. The molecule has 0 aliphatic carbocycles. The van der Waals surface area contributed by atoms with E-state index in [2.05, 4.69) is 4.98 Å². The van der Waals surface area contributed by atoms with Gasteiger partial charge in [0.2, 0.25) is 0 Å². The predicted octanol–water partition coefficient (Wildman–Crippen LogP) is 2.68. The van der Waals surface area contributed by atoms with Crippen LogP contribution in [0.5, 0.6) is 0 Å². The minimum absolute atomic E-state index is 0.365. The molecule has 0 atom stereocenters. The summed E-state index contributed by atoms with van der Waals surface area (Å²) in [5.74, 6) is -0.365. The fourth-order valence-corrected chi connectivity index (χ4v) is 2.08. The summed E-state index contributed by atoms with van der Waals surface area (Å²) in [6.45, 7) is 0. The van der Waals surface area contributed by atoms with Crippen LogP contribution in [0.3, 0.4) is 0 Å². The number of aromatic nitrogens is 2. The van der Waals surface area contributed by atoms with Gasteiger partial charge in [-0.15, -0.1) is 0 Å². The molecular formula is C16H12N2O2. The lowest BCUT2D eigenvalue weighted by Gasteiger charge is -1.97. The maximum absolute atomic E-state index is 12.2. The van der Waals surface area contributed by atoms with Gasteiger partial charge < -0.3 is 4.98 Å². The monoisotopic (exact) mass is 264 g/mol. The lowest BCUT2D eigenvalue weighted by Crippen LogP contribution is -2.22. The third kappa shape index (κ3) is 2.19. The molecular weight excluding hydrogens is 252 g/mol. The van der Waals surface area contributed by atoms with Crippen LogP contribution in [-0.2, 0) is 0 Å². The summed E-state index contributed by atoms with van der Waals surface area (Å²) in [7, 11) is 0. The molecule has 1 N–H and O–H groups in total. The van der Waals surface area contributed by atoms with Crippen LogP contribution >= 0.6 is 0 Å². The molecule has 0 aliphatic rings. The second-order valence-electron chi connectivity index (χ2n) is 4.36. The third-order valence-corrected chi connectivity index (χ3v) is 3.03. The number of carbonyl (C=O) groups is 1. The van der Waals surface area contributed by atoms with Crippen LogP contribution in [0.4, 0.5) is 0 Å². The van der Waals surface area contributed by atoms with Crippen LogP contribution < -0.4 is 5.69 Å². The smallest absolute Gasteiger partial charge is 0.305 e. The van der Waals surface area contributed by atoms with Crippen LogP contribution in [-0.4, -0.2) is 15.5 Å². The quantitative estimate of drug-likeness (QED) is 0.723. The molecule has 4 nitrogen and oxygen atoms in total. The van der Waals surface area contributed by atoms with E-state index in [4.69, 9.17) is 0 Å². The minimum atomic E-state index is -0.422. The molecule has 0 spiro atoms. The topological polar surface area (TPSA) is 54.9 Å². The Hall–Kier alpha value is -2.88. The van der Waals surface area contributed by atoms with Crippen molar-refractivity contribution in [3.05, 3.63) is 76.7 Å². The van der Waals surface area contributed by atoms with Gasteiger partial charge in [-0.3, -0.25) is 4.79 Å². The van der Waals surface area contributed by atoms with Gasteiger partial charge >= 0.3 is 5.69 Å². The number of para-hydroxylation sites is 2. The Bertz CT molecular complexity index is 842. The number of hydrogen-bond donors (Lipinski definition) is 1. The Balaban J connectivity index is 1.99. The average molecular weight is 264 g/mol. The van der Waals surface area contributed by atoms with Gasteiger partial charge in [0, 0.05) is 6.08 Å². The number of nitrogens with zero attached hydrogens (tertiary/aromatic N) is 1. The summed E-state index contributed by atoms with van der Waals surface area (Å²) in [4.78, 5) is 26.7. The molecule has 0 amide bonds. The summed E-state index contributed by atoms with van der Waals surface area (Å²) in [6, 6.07) is 16.6. The predicted molar refractivity (Wildman–Crippen MR) is 78.7 cm³/mol. The second kappa shape index (κ2) is 5.01. The van der Waals surface area contributed by atoms with Crippen LogP contribution in [0.15, 0.2) is 65.5 Å². The average Bonchev–Trinajstić information content (AvgIpc) is 2.82. The van der Waals surface area contributed by atoms with E-state index in [-0.39, 0.29) is 5.91 Å². The summed E-state index contributed by atoms with van der Waals surface area (Å²) >= 11 is 0. The molecule has 0 unspecified atom stereocenters. The molecule has 0 radical (unpaired) electrons. The van der Waals surface area contributed by atoms with Crippen molar-refractivity contribution in [2.75, 3.05) is 0 Å². The Labute approximate surface area is 115 Å². The molecule has 2 aromatic carbocycles. The van der Waals surface area contributed by atoms with Crippen molar-refractivity contribution in [2.45, 2.75) is 0 Å². The maximum atomic E-state index is 12.2. The lowest BCUT2D eigenvalue weighted by molar-refractivity contribution is 0.0971. The van der Waals surface area contributed by atoms with Crippen molar-refractivity contribution in [1.82, 2.24) is 9.55 Å². The number of H-pyrrole nitrogens is 1. The van der Waals surface area contributed by atoms with Crippen molar-refractivity contribution in [2.24, 2.45) is 0 Å². The Morgan fingerprint density at radius 2 is 1.70 bits per heavy atom. The van der Waals surface area contributed by atoms with Crippen LogP contribution in [0, 0.1) is 0 Å². The van der Waals surface area contributed by atoms with Gasteiger partial charge in [0.1, 0.15) is 0 Å². The summed E-state index contributed by atoms with van der Waals surface area (Å²) in [6.07, 6.45) is 3.09. The van der Waals surface area contributed by atoms with Crippen LogP contribution in [0.2, 0.25) is 0 Å². The van der Waals surface area contributed by atoms with E-state index in [0.717, 1.165) is 10.1 Å². The number of allylic oxidation sites excluding steroid dienone is 1. The number of carbonyl (C=O) groups excluding carboxylic acids is 1. The fourth-order valence-electron chi connectivity index (χ4n) is 2.08. The van der Waals surface area contributed by atoms with E-state index in [0.29, 0.717) is 11.0 Å². The molecule has 3 aromatic rings. The Morgan fingerprint density at radius 1 is 1.00 bits per heavy atom. The van der Waals surface area contributed by atoms with E-state index in [1.165, 1.54) is 6.08 Å². The van der Waals surface area contributed by atoms with Crippen molar-refractivity contribution in [1.29, 1.82) is 0 Å². The first-order chi connectivity index (χ1) is 9.75. The molecule has 0 aliphatic heterocycles. The maximum Gasteiger partial charge on any atom is 0.333 e. The zero-order valence-corrected chi connectivity index (χ0v) is 10.6. The highest BCUT2D eigenvalue weighted by atomic mass is 16.2. The van der Waals surface area contributed by atoms with E-state index < -0.39 is 5.69 Å². The molecule has 20 heavy (non-hydrogen) atoms. The number of hydrogen-bond acceptors (Lipinski definition) is 2. The molecule has 0 bridgehead atoms. The first-order valence-corrected chi connectivity index (χ1v) is 6.23. The summed E-state index contributed by atoms with van der Waals surface area (Å²) < 4.78 is 1.13. The standard InChI is InChI=1S/C16H12N2O2/c19-15(11-10-12-6-2-1-3-7-12)18-14-9-5-4-8-13(14)17-16(18)20/h1-11H,(H,17,20)/b11-10+. The van der Waals surface area contributed by atoms with E-state index in [1.54, 1.807) is 24.3 Å². The van der Waals surface area contributed by atoms with Crippen molar-refractivity contribution < 1.29 is 4.79 Å². The second-order valence-corrected chi connectivity index (χ2v) is 4.36. The van der Waals surface area contributed by atoms with Crippen molar-refractivity contribution in [3.8, 4) is 0 Å². The Morgan fingerprint density at radius 3 is 2.50 bits per heavy atom. The van der Waals surface area contributed by atoms with E-state index in [9.17, 15) is 9.59 Å². The molecule has 3 rings (SSSR count). The van der Waals surface area contributed by atoms with Crippen molar-refractivity contribution in [3.63, 3.8) is 0 Å². The van der Waals surface area contributed by atoms with Gasteiger partial charge in [-0.2, -0.15) is 0 Å². The van der Waals surface area contributed by atoms with Crippen LogP contribution in [0.1, 0.15) is 10.4 Å². The molecule has 98 valence electrons. The largest absolute Gasteiger partial charge is 0.333 e. The third-order valence-electron chi connectivity index (χ3n) is 3.03. The normalized spacial score (nSPS) is 11.2. The first kappa shape index (κ1) is 12.2. The molecule has 0 saturated carbocycles. The molecule has 1 heterocycles. The first-order valence-electron chi connectivity index (χ1n) is 6.23. The zero-order valence-electron chi connectivity index (χ0n) is 10.6. The molecule has 0 saturated heterocycles. The van der Waals surface area contributed by atoms with Gasteiger partial charge in [0.05, 0.1) is 11.0 Å². The van der Waals surface area contributed by atoms with E-state index >= 15 is 0 Å². The van der Waals surface area contributed by atoms with Gasteiger partial charge in [-0.05, 0) is 23.8 Å². The van der Waals surface area contributed by atoms with Gasteiger partial charge in [-0.25, -0.2) is 9.36 Å². The SMILES string of the molecule is O=C(/C=C/c1ccccc1)n1c(=O)[nH]c2ccccc21. The highest BCUT2D eigenvalue weighted by Crippen LogP contribution is 2.09. The van der Waals surface area contributed by atoms with Crippen LogP contribution in [0.25, 0.3) is 17.1 Å². The fraction of sp³-hybridized carbons (Fsp3) is 0.